The molecule has 4 nitrogen and oxygen atoms in total. The van der Waals surface area contributed by atoms with E-state index in [0.29, 0.717) is 10.8 Å². The van der Waals surface area contributed by atoms with E-state index >= 15 is 0 Å². The fourth-order valence-electron chi connectivity index (χ4n) is 2.00. The molecule has 15 heavy (non-hydrogen) atoms. The van der Waals surface area contributed by atoms with Crippen molar-refractivity contribution in [2.75, 3.05) is 11.5 Å². The quantitative estimate of drug-likeness (QED) is 0.805. The van der Waals surface area contributed by atoms with Crippen LogP contribution in [-0.4, -0.2) is 30.5 Å². The molecule has 1 aliphatic heterocycles. The molecule has 1 aromatic heterocycles. The first kappa shape index (κ1) is 11.0. The molecule has 2 rings (SSSR count). The Morgan fingerprint density at radius 1 is 1.60 bits per heavy atom. The third-order valence-corrected chi connectivity index (χ3v) is 4.49. The molecular weight excluding hydrogens is 230 g/mol. The minimum Gasteiger partial charge on any atom is -0.301 e. The number of hydrogen-bond donors (Lipinski definition) is 1. The molecule has 84 valence electrons. The summed E-state index contributed by atoms with van der Waals surface area (Å²) >= 11 is 5.22. The van der Waals surface area contributed by atoms with E-state index in [0.717, 1.165) is 36.6 Å². The molecule has 0 unspecified atom stereocenters. The van der Waals surface area contributed by atoms with Gasteiger partial charge in [0.1, 0.15) is 5.82 Å². The highest BCUT2D eigenvalue weighted by Gasteiger charge is 2.21. The zero-order valence-corrected chi connectivity index (χ0v) is 10.4. The SMILES string of the molecule is CCc1n[nH]c(=S)n1C1CCS(=O)CC1. The maximum absolute atomic E-state index is 11.3. The number of aromatic nitrogens is 3. The number of hydrogen-bond acceptors (Lipinski definition) is 3. The summed E-state index contributed by atoms with van der Waals surface area (Å²) in [6, 6.07) is 0.392. The number of rotatable bonds is 2. The van der Waals surface area contributed by atoms with Crippen molar-refractivity contribution in [2.45, 2.75) is 32.2 Å². The Bertz CT molecular complexity index is 413. The van der Waals surface area contributed by atoms with Gasteiger partial charge in [-0.1, -0.05) is 6.92 Å². The summed E-state index contributed by atoms with van der Waals surface area (Å²) in [5, 5.41) is 7.03. The number of aryl methyl sites for hydroxylation is 1. The molecule has 1 saturated heterocycles. The van der Waals surface area contributed by atoms with Crippen molar-refractivity contribution >= 4 is 23.0 Å². The van der Waals surface area contributed by atoms with Gasteiger partial charge in [0.2, 0.25) is 0 Å². The molecular formula is C9H15N3OS2. The molecule has 0 bridgehead atoms. The van der Waals surface area contributed by atoms with Crippen LogP contribution in [0.2, 0.25) is 0 Å². The number of aromatic amines is 1. The van der Waals surface area contributed by atoms with Crippen molar-refractivity contribution in [1.29, 1.82) is 0 Å². The minimum absolute atomic E-state index is 0.392. The lowest BCUT2D eigenvalue weighted by atomic mass is 10.1. The number of H-pyrrole nitrogens is 1. The zero-order chi connectivity index (χ0) is 10.8. The Labute approximate surface area is 96.5 Å². The van der Waals surface area contributed by atoms with Gasteiger partial charge in [-0.3, -0.25) is 9.31 Å². The third-order valence-electron chi connectivity index (χ3n) is 2.82. The second-order valence-corrected chi connectivity index (χ2v) is 5.83. The molecule has 0 aromatic carbocycles. The second kappa shape index (κ2) is 4.57. The monoisotopic (exact) mass is 245 g/mol. The molecule has 0 amide bonds. The molecule has 1 N–H and O–H groups in total. The Morgan fingerprint density at radius 3 is 2.87 bits per heavy atom. The van der Waals surface area contributed by atoms with Gasteiger partial charge >= 0.3 is 0 Å². The molecule has 1 aromatic rings. The molecule has 1 aliphatic rings. The van der Waals surface area contributed by atoms with Crippen molar-refractivity contribution in [2.24, 2.45) is 0 Å². The van der Waals surface area contributed by atoms with Gasteiger partial charge in [-0.05, 0) is 25.1 Å². The van der Waals surface area contributed by atoms with Crippen LogP contribution in [0.1, 0.15) is 31.6 Å². The smallest absolute Gasteiger partial charge is 0.195 e. The van der Waals surface area contributed by atoms with Gasteiger partial charge in [0.25, 0.3) is 0 Å². The largest absolute Gasteiger partial charge is 0.301 e. The summed E-state index contributed by atoms with van der Waals surface area (Å²) in [5.74, 6) is 2.60. The van der Waals surface area contributed by atoms with Gasteiger partial charge in [0.15, 0.2) is 4.77 Å². The average molecular weight is 245 g/mol. The topological polar surface area (TPSA) is 50.7 Å². The summed E-state index contributed by atoms with van der Waals surface area (Å²) < 4.78 is 14.1. The fraction of sp³-hybridized carbons (Fsp3) is 0.778. The lowest BCUT2D eigenvalue weighted by Gasteiger charge is -2.23. The van der Waals surface area contributed by atoms with Crippen molar-refractivity contribution in [1.82, 2.24) is 14.8 Å². The van der Waals surface area contributed by atoms with Crippen LogP contribution in [0.15, 0.2) is 0 Å². The van der Waals surface area contributed by atoms with Crippen LogP contribution in [0, 0.1) is 4.77 Å². The van der Waals surface area contributed by atoms with Gasteiger partial charge in [-0.15, -0.1) is 0 Å². The zero-order valence-electron chi connectivity index (χ0n) is 8.73. The van der Waals surface area contributed by atoms with Crippen LogP contribution < -0.4 is 0 Å². The van der Waals surface area contributed by atoms with Gasteiger partial charge in [0.05, 0.1) is 0 Å². The summed E-state index contributed by atoms with van der Waals surface area (Å²) in [7, 11) is -0.616. The highest BCUT2D eigenvalue weighted by molar-refractivity contribution is 7.85. The van der Waals surface area contributed by atoms with E-state index in [9.17, 15) is 4.21 Å². The predicted molar refractivity (Wildman–Crippen MR) is 62.9 cm³/mol. The Balaban J connectivity index is 2.25. The second-order valence-electron chi connectivity index (χ2n) is 3.75. The van der Waals surface area contributed by atoms with E-state index in [2.05, 4.69) is 21.7 Å². The van der Waals surface area contributed by atoms with E-state index < -0.39 is 10.8 Å². The van der Waals surface area contributed by atoms with E-state index in [1.807, 2.05) is 0 Å². The number of nitrogens with zero attached hydrogens (tertiary/aromatic N) is 2. The van der Waals surface area contributed by atoms with E-state index in [-0.39, 0.29) is 0 Å². The molecule has 0 spiro atoms. The van der Waals surface area contributed by atoms with Crippen molar-refractivity contribution in [3.8, 4) is 0 Å². The van der Waals surface area contributed by atoms with E-state index in [1.165, 1.54) is 0 Å². The molecule has 1 fully saturated rings. The maximum atomic E-state index is 11.3. The highest BCUT2D eigenvalue weighted by Crippen LogP contribution is 2.23. The Hall–Kier alpha value is -0.490. The predicted octanol–water partition coefficient (Wildman–Crippen LogP) is 1.59. The van der Waals surface area contributed by atoms with Crippen molar-refractivity contribution in [3.05, 3.63) is 10.6 Å². The number of nitrogens with one attached hydrogen (secondary N) is 1. The molecule has 0 radical (unpaired) electrons. The van der Waals surface area contributed by atoms with Crippen molar-refractivity contribution in [3.63, 3.8) is 0 Å². The van der Waals surface area contributed by atoms with Crippen LogP contribution >= 0.6 is 12.2 Å². The first-order valence-corrected chi connectivity index (χ1v) is 7.12. The summed E-state index contributed by atoms with van der Waals surface area (Å²) in [5.41, 5.74) is 0. The lowest BCUT2D eigenvalue weighted by molar-refractivity contribution is 0.443. The molecule has 0 aliphatic carbocycles. The lowest BCUT2D eigenvalue weighted by Crippen LogP contribution is -2.23. The van der Waals surface area contributed by atoms with Crippen LogP contribution in [0.25, 0.3) is 0 Å². The highest BCUT2D eigenvalue weighted by atomic mass is 32.2. The van der Waals surface area contributed by atoms with Crippen LogP contribution in [-0.2, 0) is 17.2 Å². The first-order chi connectivity index (χ1) is 7.22. The fourth-order valence-corrected chi connectivity index (χ4v) is 3.58. The summed E-state index contributed by atoms with van der Waals surface area (Å²) in [4.78, 5) is 0. The average Bonchev–Trinajstić information content (AvgIpc) is 2.61. The molecule has 6 heteroatoms. The van der Waals surface area contributed by atoms with Gasteiger partial charge in [0, 0.05) is 34.8 Å². The summed E-state index contributed by atoms with van der Waals surface area (Å²) in [6.07, 6.45) is 2.79. The Morgan fingerprint density at radius 2 is 2.27 bits per heavy atom. The molecule has 2 heterocycles. The van der Waals surface area contributed by atoms with Gasteiger partial charge in [-0.2, -0.15) is 5.10 Å². The first-order valence-electron chi connectivity index (χ1n) is 5.23. The van der Waals surface area contributed by atoms with Gasteiger partial charge < -0.3 is 4.57 Å². The van der Waals surface area contributed by atoms with Crippen molar-refractivity contribution < 1.29 is 4.21 Å². The normalized spacial score (nSPS) is 26.7. The standard InChI is InChI=1S/C9H15N3OS2/c1-2-8-10-11-9(14)12(8)7-3-5-15(13)6-4-7/h7H,2-6H2,1H3,(H,11,14). The Kier molecular flexibility index (Phi) is 3.35. The van der Waals surface area contributed by atoms with Crippen LogP contribution in [0.3, 0.4) is 0 Å². The van der Waals surface area contributed by atoms with E-state index in [4.69, 9.17) is 12.2 Å². The van der Waals surface area contributed by atoms with Crippen LogP contribution in [0.5, 0.6) is 0 Å². The van der Waals surface area contributed by atoms with E-state index in [1.54, 1.807) is 0 Å². The van der Waals surface area contributed by atoms with Crippen LogP contribution in [0.4, 0.5) is 0 Å². The molecule has 0 saturated carbocycles. The summed E-state index contributed by atoms with van der Waals surface area (Å²) in [6.45, 7) is 2.07. The van der Waals surface area contributed by atoms with Gasteiger partial charge in [-0.25, -0.2) is 0 Å². The maximum Gasteiger partial charge on any atom is 0.195 e. The minimum atomic E-state index is -0.616. The third kappa shape index (κ3) is 2.20. The molecule has 0 atom stereocenters.